The minimum absolute atomic E-state index is 0.266. The quantitative estimate of drug-likeness (QED) is 0.324. The minimum Gasteiger partial charge on any atom is -0.482 e. The van der Waals surface area contributed by atoms with Crippen LogP contribution in [0.2, 0.25) is 0 Å². The second-order valence-corrected chi connectivity index (χ2v) is 8.12. The third kappa shape index (κ3) is 5.89. The zero-order valence-electron chi connectivity index (χ0n) is 18.6. The number of oxime groups is 1. The van der Waals surface area contributed by atoms with Crippen LogP contribution in [0.25, 0.3) is 6.08 Å². The molecule has 0 amide bonds. The minimum atomic E-state index is -0.976. The van der Waals surface area contributed by atoms with Crippen molar-refractivity contribution in [2.24, 2.45) is 5.16 Å². The number of ether oxygens (including phenoxy) is 1. The summed E-state index contributed by atoms with van der Waals surface area (Å²) in [6.45, 7) is 1.65. The fraction of sp³-hybridized carbons (Fsp3) is 0.214. The van der Waals surface area contributed by atoms with Crippen molar-refractivity contribution in [2.45, 2.75) is 32.3 Å². The number of carbonyl (C=O) groups is 1. The first-order valence-corrected chi connectivity index (χ1v) is 11.1. The highest BCUT2D eigenvalue weighted by Crippen LogP contribution is 2.33. The summed E-state index contributed by atoms with van der Waals surface area (Å²) < 4.78 is 5.46. The maximum atomic E-state index is 10.8. The molecule has 3 aromatic rings. The highest BCUT2D eigenvalue weighted by Gasteiger charge is 2.18. The smallest absolute Gasteiger partial charge is 0.341 e. The lowest BCUT2D eigenvalue weighted by Crippen LogP contribution is -2.12. The maximum absolute atomic E-state index is 10.8. The van der Waals surface area contributed by atoms with E-state index in [0.717, 1.165) is 47.2 Å². The van der Waals surface area contributed by atoms with Gasteiger partial charge < -0.3 is 14.7 Å². The average Bonchev–Trinajstić information content (AvgIpc) is 2.84. The molecule has 1 N–H and O–H groups in total. The Hall–Kier alpha value is -3.86. The summed E-state index contributed by atoms with van der Waals surface area (Å²) in [5, 5.41) is 13.4. The molecule has 0 heterocycles. The number of rotatable bonds is 9. The monoisotopic (exact) mass is 441 g/mol. The molecule has 5 nitrogen and oxygen atoms in total. The molecule has 0 saturated heterocycles. The summed E-state index contributed by atoms with van der Waals surface area (Å²) >= 11 is 0. The Morgan fingerprint density at radius 1 is 0.939 bits per heavy atom. The van der Waals surface area contributed by atoms with E-state index in [1.807, 2.05) is 85.8 Å². The second kappa shape index (κ2) is 10.6. The van der Waals surface area contributed by atoms with Crippen LogP contribution in [-0.4, -0.2) is 23.4 Å². The van der Waals surface area contributed by atoms with Crippen molar-refractivity contribution in [3.05, 3.63) is 107 Å². The predicted octanol–water partition coefficient (Wildman–Crippen LogP) is 6.05. The van der Waals surface area contributed by atoms with Gasteiger partial charge in [-0.1, -0.05) is 89.6 Å². The normalized spacial score (nSPS) is 13.3. The van der Waals surface area contributed by atoms with E-state index in [-0.39, 0.29) is 12.7 Å². The molecule has 0 fully saturated rings. The summed E-state index contributed by atoms with van der Waals surface area (Å²) in [6, 6.07) is 25.9. The number of carboxylic acids is 1. The maximum Gasteiger partial charge on any atom is 0.341 e. The molecule has 1 aliphatic rings. The Morgan fingerprint density at radius 2 is 1.61 bits per heavy atom. The van der Waals surface area contributed by atoms with Gasteiger partial charge in [0.2, 0.25) is 0 Å². The zero-order valence-corrected chi connectivity index (χ0v) is 18.6. The fourth-order valence-corrected chi connectivity index (χ4v) is 4.05. The highest BCUT2D eigenvalue weighted by atomic mass is 16.6. The lowest BCUT2D eigenvalue weighted by molar-refractivity contribution is -0.139. The Morgan fingerprint density at radius 3 is 2.24 bits per heavy atom. The number of benzene rings is 3. The molecule has 4 rings (SSSR count). The molecule has 0 atom stereocenters. The van der Waals surface area contributed by atoms with Crippen LogP contribution in [0, 0.1) is 0 Å². The van der Waals surface area contributed by atoms with Crippen molar-refractivity contribution in [2.75, 3.05) is 6.61 Å². The molecular weight excluding hydrogens is 414 g/mol. The third-order valence-corrected chi connectivity index (χ3v) is 5.58. The van der Waals surface area contributed by atoms with E-state index in [9.17, 15) is 4.79 Å². The summed E-state index contributed by atoms with van der Waals surface area (Å²) in [5.41, 5.74) is 6.40. The molecule has 1 aliphatic carbocycles. The Balaban J connectivity index is 1.48. The van der Waals surface area contributed by atoms with Crippen LogP contribution in [0.3, 0.4) is 0 Å². The van der Waals surface area contributed by atoms with E-state index in [2.05, 4.69) is 11.2 Å². The van der Waals surface area contributed by atoms with Crippen molar-refractivity contribution in [1.82, 2.24) is 0 Å². The van der Waals surface area contributed by atoms with Gasteiger partial charge in [0, 0.05) is 12.0 Å². The van der Waals surface area contributed by atoms with E-state index in [4.69, 9.17) is 14.7 Å². The van der Waals surface area contributed by atoms with E-state index in [1.165, 1.54) is 5.57 Å². The summed E-state index contributed by atoms with van der Waals surface area (Å²) in [6.07, 6.45) is 4.28. The van der Waals surface area contributed by atoms with Gasteiger partial charge in [-0.05, 0) is 42.5 Å². The highest BCUT2D eigenvalue weighted by molar-refractivity contribution is 5.85. The molecule has 0 saturated carbocycles. The average molecular weight is 442 g/mol. The molecule has 0 radical (unpaired) electrons. The van der Waals surface area contributed by atoms with Gasteiger partial charge in [0.1, 0.15) is 5.75 Å². The van der Waals surface area contributed by atoms with Gasteiger partial charge in [-0.3, -0.25) is 0 Å². The molecule has 0 unspecified atom stereocenters. The molecule has 0 aliphatic heterocycles. The molecule has 0 bridgehead atoms. The van der Waals surface area contributed by atoms with Crippen LogP contribution < -0.4 is 4.74 Å². The molecule has 5 heteroatoms. The zero-order chi connectivity index (χ0) is 23.0. The Labute approximate surface area is 194 Å². The fourth-order valence-electron chi connectivity index (χ4n) is 4.05. The van der Waals surface area contributed by atoms with Gasteiger partial charge in [0.25, 0.3) is 0 Å². The van der Waals surface area contributed by atoms with Crippen LogP contribution in [0.5, 0.6) is 5.75 Å². The summed E-state index contributed by atoms with van der Waals surface area (Å²) in [4.78, 5) is 16.9. The van der Waals surface area contributed by atoms with Crippen molar-refractivity contribution in [3.63, 3.8) is 0 Å². The van der Waals surface area contributed by atoms with Crippen molar-refractivity contribution in [1.29, 1.82) is 0 Å². The van der Waals surface area contributed by atoms with Crippen LogP contribution in [0.4, 0.5) is 0 Å². The number of carboxylic acid groups (broad SMARTS) is 1. The summed E-state index contributed by atoms with van der Waals surface area (Å²) in [5.74, 6) is -0.330. The Kier molecular flexibility index (Phi) is 7.20. The van der Waals surface area contributed by atoms with Crippen molar-refractivity contribution < 1.29 is 19.5 Å². The third-order valence-electron chi connectivity index (χ3n) is 5.58. The molecule has 3 aromatic carbocycles. The van der Waals surface area contributed by atoms with Gasteiger partial charge in [-0.15, -0.1) is 0 Å². The predicted molar refractivity (Wildman–Crippen MR) is 129 cm³/mol. The number of nitrogens with zero attached hydrogens (tertiary/aromatic N) is 1. The first-order chi connectivity index (χ1) is 16.1. The number of allylic oxidation sites excluding steroid dienone is 1. The summed E-state index contributed by atoms with van der Waals surface area (Å²) in [7, 11) is 0. The van der Waals surface area contributed by atoms with E-state index >= 15 is 0 Å². The molecule has 168 valence electrons. The van der Waals surface area contributed by atoms with Crippen LogP contribution >= 0.6 is 0 Å². The lowest BCUT2D eigenvalue weighted by Gasteiger charge is -2.20. The van der Waals surface area contributed by atoms with Crippen molar-refractivity contribution in [3.8, 4) is 5.75 Å². The first-order valence-electron chi connectivity index (χ1n) is 11.1. The molecule has 0 aromatic heterocycles. The van der Waals surface area contributed by atoms with Crippen LogP contribution in [0.1, 0.15) is 48.1 Å². The second-order valence-electron chi connectivity index (χ2n) is 8.12. The SMILES string of the molecule is C/C(CC1=Cc2cccc(OCC(=O)O)c2CC1)=N/OC(c1ccccc1)c1ccccc1. The largest absolute Gasteiger partial charge is 0.482 e. The van der Waals surface area contributed by atoms with Crippen LogP contribution in [-0.2, 0) is 16.1 Å². The molecule has 0 spiro atoms. The Bertz CT molecular complexity index is 1110. The van der Waals surface area contributed by atoms with Crippen LogP contribution in [0.15, 0.2) is 89.6 Å². The standard InChI is InChI=1S/C28H27NO4/c1-20(29-33-28(22-9-4-2-5-10-22)23-11-6-3-7-12-23)17-21-15-16-25-24(18-21)13-8-14-26(25)32-19-27(30)31/h2-14,18,28H,15-17,19H2,1H3,(H,30,31)/b29-20-. The van der Waals surface area contributed by atoms with Gasteiger partial charge in [-0.2, -0.15) is 0 Å². The van der Waals surface area contributed by atoms with Gasteiger partial charge in [0.15, 0.2) is 12.7 Å². The van der Waals surface area contributed by atoms with E-state index < -0.39 is 5.97 Å². The van der Waals surface area contributed by atoms with E-state index in [0.29, 0.717) is 5.75 Å². The number of hydrogen-bond acceptors (Lipinski definition) is 4. The molecular formula is C28H27NO4. The topological polar surface area (TPSA) is 68.1 Å². The molecule has 33 heavy (non-hydrogen) atoms. The van der Waals surface area contributed by atoms with Gasteiger partial charge >= 0.3 is 5.97 Å². The van der Waals surface area contributed by atoms with Crippen molar-refractivity contribution >= 4 is 17.8 Å². The number of aliphatic carboxylic acids is 1. The lowest BCUT2D eigenvalue weighted by atomic mass is 9.89. The number of hydrogen-bond donors (Lipinski definition) is 1. The first kappa shape index (κ1) is 22.3. The van der Waals surface area contributed by atoms with E-state index in [1.54, 1.807) is 0 Å². The number of fused-ring (bicyclic) bond motifs is 1. The van der Waals surface area contributed by atoms with Gasteiger partial charge in [-0.25, -0.2) is 4.79 Å². The van der Waals surface area contributed by atoms with Gasteiger partial charge in [0.05, 0.1) is 5.71 Å².